The van der Waals surface area contributed by atoms with Gasteiger partial charge in [-0.2, -0.15) is 0 Å². The van der Waals surface area contributed by atoms with Crippen LogP contribution in [0.15, 0.2) is 48.5 Å². The van der Waals surface area contributed by atoms with Crippen molar-refractivity contribution in [2.45, 2.75) is 45.2 Å². The lowest BCUT2D eigenvalue weighted by Gasteiger charge is -2.28. The molecule has 3 aliphatic rings. The van der Waals surface area contributed by atoms with Crippen LogP contribution < -0.4 is 5.32 Å². The highest BCUT2D eigenvalue weighted by atomic mass is 35.5. The fourth-order valence-electron chi connectivity index (χ4n) is 5.44. The first-order valence-corrected chi connectivity index (χ1v) is 11.9. The first kappa shape index (κ1) is 21.4. The molecule has 1 amide bonds. The molecule has 2 fully saturated rings. The van der Waals surface area contributed by atoms with Gasteiger partial charge in [0.15, 0.2) is 0 Å². The molecule has 2 unspecified atom stereocenters. The van der Waals surface area contributed by atoms with Crippen molar-refractivity contribution in [1.82, 2.24) is 20.2 Å². The van der Waals surface area contributed by atoms with Gasteiger partial charge in [-0.3, -0.25) is 9.69 Å². The van der Waals surface area contributed by atoms with Crippen LogP contribution in [0, 0.1) is 17.8 Å². The summed E-state index contributed by atoms with van der Waals surface area (Å²) in [6, 6.07) is 7.92. The summed E-state index contributed by atoms with van der Waals surface area (Å²) >= 11 is 6.33. The summed E-state index contributed by atoms with van der Waals surface area (Å²) in [5, 5.41) is 3.83. The van der Waals surface area contributed by atoms with Gasteiger partial charge in [0.25, 0.3) is 5.91 Å². The van der Waals surface area contributed by atoms with E-state index in [1.54, 1.807) is 0 Å². The normalized spacial score (nSPS) is 23.7. The zero-order chi connectivity index (χ0) is 22.1. The molecule has 5 rings (SSSR count). The third-order valence-corrected chi connectivity index (χ3v) is 7.61. The minimum absolute atomic E-state index is 0.134. The van der Waals surface area contributed by atoms with E-state index in [0.717, 1.165) is 71.1 Å². The lowest BCUT2D eigenvalue weighted by atomic mass is 9.95. The Morgan fingerprint density at radius 2 is 2.03 bits per heavy atom. The second-order valence-electron chi connectivity index (χ2n) is 9.46. The second kappa shape index (κ2) is 9.19. The van der Waals surface area contributed by atoms with Crippen LogP contribution in [0.5, 0.6) is 0 Å². The number of fused-ring (bicyclic) bond motifs is 2. The molecule has 2 saturated carbocycles. The largest absolute Gasteiger partial charge is 0.346 e. The topological polar surface area (TPSA) is 58.1 Å². The van der Waals surface area contributed by atoms with E-state index in [2.05, 4.69) is 38.6 Å². The highest BCUT2D eigenvalue weighted by Crippen LogP contribution is 2.55. The summed E-state index contributed by atoms with van der Waals surface area (Å²) in [6.45, 7) is 6.63. The summed E-state index contributed by atoms with van der Waals surface area (Å²) in [7, 11) is 0. The summed E-state index contributed by atoms with van der Waals surface area (Å²) in [4.78, 5) is 24.1. The van der Waals surface area contributed by atoms with E-state index in [0.29, 0.717) is 18.8 Å². The van der Waals surface area contributed by atoms with Gasteiger partial charge in [0.05, 0.1) is 5.69 Å². The maximum absolute atomic E-state index is 13.0. The van der Waals surface area contributed by atoms with Crippen molar-refractivity contribution in [2.24, 2.45) is 17.8 Å². The van der Waals surface area contributed by atoms with Gasteiger partial charge in [0.1, 0.15) is 12.0 Å². The van der Waals surface area contributed by atoms with Gasteiger partial charge >= 0.3 is 0 Å². The number of aromatic nitrogens is 2. The summed E-state index contributed by atoms with van der Waals surface area (Å²) in [5.74, 6) is 2.53. The molecule has 1 aliphatic heterocycles. The van der Waals surface area contributed by atoms with Gasteiger partial charge in [-0.25, -0.2) is 9.97 Å². The number of carbonyl (C=O) groups excluding carboxylic acids is 1. The van der Waals surface area contributed by atoms with Crippen molar-refractivity contribution >= 4 is 17.5 Å². The van der Waals surface area contributed by atoms with Crippen molar-refractivity contribution in [3.63, 3.8) is 0 Å². The van der Waals surface area contributed by atoms with Gasteiger partial charge in [0.2, 0.25) is 0 Å². The highest BCUT2D eigenvalue weighted by Gasteiger charge is 2.45. The molecule has 6 heteroatoms. The Balaban J connectivity index is 1.20. The van der Waals surface area contributed by atoms with Crippen LogP contribution in [-0.4, -0.2) is 33.9 Å². The number of rotatable bonds is 7. The van der Waals surface area contributed by atoms with Gasteiger partial charge in [0, 0.05) is 36.8 Å². The molecule has 1 aromatic carbocycles. The molecule has 5 nitrogen and oxygen atoms in total. The molecule has 2 atom stereocenters. The van der Waals surface area contributed by atoms with Gasteiger partial charge in [-0.05, 0) is 67.1 Å². The van der Waals surface area contributed by atoms with Crippen LogP contribution in [0.3, 0.4) is 0 Å². The molecule has 1 N–H and O–H groups in total. The fourth-order valence-corrected chi connectivity index (χ4v) is 5.64. The average molecular weight is 449 g/mol. The molecule has 2 aromatic rings. The Kier molecular flexibility index (Phi) is 6.14. The fraction of sp³-hybridized carbons (Fsp3) is 0.462. The quantitative estimate of drug-likeness (QED) is 0.630. The Morgan fingerprint density at radius 3 is 2.81 bits per heavy atom. The lowest BCUT2D eigenvalue weighted by Crippen LogP contribution is -2.34. The first-order valence-electron chi connectivity index (χ1n) is 11.5. The van der Waals surface area contributed by atoms with Crippen LogP contribution in [0.25, 0.3) is 0 Å². The molecule has 166 valence electrons. The van der Waals surface area contributed by atoms with Crippen molar-refractivity contribution in [3.05, 3.63) is 76.0 Å². The van der Waals surface area contributed by atoms with E-state index in [1.807, 2.05) is 18.2 Å². The Morgan fingerprint density at radius 1 is 1.22 bits per heavy atom. The van der Waals surface area contributed by atoms with Crippen LogP contribution in [-0.2, 0) is 19.5 Å². The van der Waals surface area contributed by atoms with Crippen molar-refractivity contribution in [3.8, 4) is 0 Å². The summed E-state index contributed by atoms with van der Waals surface area (Å²) in [5.41, 5.74) is 7.64. The van der Waals surface area contributed by atoms with Gasteiger partial charge < -0.3 is 5.32 Å². The standard InChI is InChI=1S/C26H29ClN4O/c1-2-17(9-18-10-20-12-21(20)11-18)13-28-26(32)25-22-7-8-31(15-24(22)29-16-30-25)14-19-5-3-4-6-23(19)27/h3-6,16,18,20-21H,1,7-15H2,(H,28,32). The molecule has 0 spiro atoms. The van der Waals surface area contributed by atoms with E-state index in [1.165, 1.54) is 25.6 Å². The number of benzene rings is 1. The zero-order valence-corrected chi connectivity index (χ0v) is 19.1. The Hall–Kier alpha value is -2.46. The third kappa shape index (κ3) is 4.66. The minimum atomic E-state index is -0.134. The number of carbonyl (C=O) groups is 1. The van der Waals surface area contributed by atoms with Crippen molar-refractivity contribution in [1.29, 1.82) is 0 Å². The van der Waals surface area contributed by atoms with E-state index >= 15 is 0 Å². The maximum atomic E-state index is 13.0. The molecular formula is C26H29ClN4O. The van der Waals surface area contributed by atoms with Crippen LogP contribution in [0.1, 0.15) is 53.0 Å². The molecule has 0 bridgehead atoms. The predicted molar refractivity (Wildman–Crippen MR) is 125 cm³/mol. The lowest BCUT2D eigenvalue weighted by molar-refractivity contribution is 0.0948. The van der Waals surface area contributed by atoms with E-state index in [4.69, 9.17) is 11.6 Å². The van der Waals surface area contributed by atoms with Crippen molar-refractivity contribution in [2.75, 3.05) is 13.1 Å². The number of hydrogen-bond donors (Lipinski definition) is 1. The second-order valence-corrected chi connectivity index (χ2v) is 9.87. The molecule has 32 heavy (non-hydrogen) atoms. The van der Waals surface area contributed by atoms with Crippen molar-refractivity contribution < 1.29 is 4.79 Å². The van der Waals surface area contributed by atoms with E-state index in [9.17, 15) is 4.79 Å². The molecule has 0 radical (unpaired) electrons. The smallest absolute Gasteiger partial charge is 0.270 e. The maximum Gasteiger partial charge on any atom is 0.270 e. The van der Waals surface area contributed by atoms with Crippen LogP contribution in [0.4, 0.5) is 0 Å². The summed E-state index contributed by atoms with van der Waals surface area (Å²) in [6.07, 6.45) is 7.33. The Bertz CT molecular complexity index is 1070. The Labute approximate surface area is 194 Å². The van der Waals surface area contributed by atoms with E-state index < -0.39 is 0 Å². The van der Waals surface area contributed by atoms with Gasteiger partial charge in [-0.1, -0.05) is 36.4 Å². The SMILES string of the molecule is C=C=C(CNC(=O)c1ncnc2c1CCN(Cc1ccccc1Cl)C2)CC1CC2CC2C1. The number of nitrogens with zero attached hydrogens (tertiary/aromatic N) is 3. The zero-order valence-electron chi connectivity index (χ0n) is 18.3. The average Bonchev–Trinajstić information content (AvgIpc) is 3.42. The number of halogens is 1. The molecular weight excluding hydrogens is 420 g/mol. The van der Waals surface area contributed by atoms with Gasteiger partial charge in [-0.15, -0.1) is 5.73 Å². The number of amides is 1. The van der Waals surface area contributed by atoms with E-state index in [-0.39, 0.29) is 5.91 Å². The monoisotopic (exact) mass is 448 g/mol. The molecule has 1 aromatic heterocycles. The molecule has 2 heterocycles. The highest BCUT2D eigenvalue weighted by molar-refractivity contribution is 6.31. The first-order chi connectivity index (χ1) is 15.6. The van der Waals surface area contributed by atoms with Crippen LogP contribution >= 0.6 is 11.6 Å². The molecule has 2 aliphatic carbocycles. The number of hydrogen-bond acceptors (Lipinski definition) is 4. The summed E-state index contributed by atoms with van der Waals surface area (Å²) < 4.78 is 0. The third-order valence-electron chi connectivity index (χ3n) is 7.24. The predicted octanol–water partition coefficient (Wildman–Crippen LogP) is 4.57. The minimum Gasteiger partial charge on any atom is -0.346 e. The van der Waals surface area contributed by atoms with Crippen LogP contribution in [0.2, 0.25) is 5.02 Å². The molecule has 0 saturated heterocycles. The number of nitrogens with one attached hydrogen (secondary N) is 1.